The molecule has 0 aromatic carbocycles. The molecule has 12 heavy (non-hydrogen) atoms. The zero-order valence-corrected chi connectivity index (χ0v) is 9.21. The molecule has 0 amide bonds. The van der Waals surface area contributed by atoms with Gasteiger partial charge in [-0.1, -0.05) is 12.2 Å². The summed E-state index contributed by atoms with van der Waals surface area (Å²) in [6, 6.07) is 0. The summed E-state index contributed by atoms with van der Waals surface area (Å²) in [6.45, 7) is 4.12. The molecule has 0 radical (unpaired) electrons. The molecule has 6 heteroatoms. The quantitative estimate of drug-likeness (QED) is 0.554. The van der Waals surface area contributed by atoms with Gasteiger partial charge >= 0.3 is 7.60 Å². The molecule has 0 aliphatic rings. The Morgan fingerprint density at radius 3 is 2.08 bits per heavy atom. The largest absolute Gasteiger partial charge is 0.388 e. The van der Waals surface area contributed by atoms with E-state index in [1.54, 1.807) is 20.9 Å². The highest BCUT2D eigenvalue weighted by Gasteiger charge is 2.28. The minimum absolute atomic E-state index is 0.131. The third-order valence-corrected chi connectivity index (χ3v) is 3.85. The molecule has 0 aromatic heterocycles. The molecule has 0 aliphatic carbocycles. The lowest BCUT2D eigenvalue weighted by Gasteiger charge is -2.16. The summed E-state index contributed by atoms with van der Waals surface area (Å²) in [6.07, 6.45) is 0. The van der Waals surface area contributed by atoms with Gasteiger partial charge in [0, 0.05) is 7.05 Å². The van der Waals surface area contributed by atoms with Gasteiger partial charge in [-0.15, -0.1) is 0 Å². The minimum Gasteiger partial charge on any atom is -0.373 e. The van der Waals surface area contributed by atoms with Crippen LogP contribution in [0, 0.1) is 0 Å². The third kappa shape index (κ3) is 3.19. The molecule has 72 valence electrons. The van der Waals surface area contributed by atoms with Gasteiger partial charge in [-0.2, -0.15) is 0 Å². The van der Waals surface area contributed by atoms with Crippen molar-refractivity contribution >= 4 is 24.5 Å². The van der Waals surface area contributed by atoms with Crippen molar-refractivity contribution in [1.82, 2.24) is 5.32 Å². The van der Waals surface area contributed by atoms with Crippen LogP contribution in [0.4, 0.5) is 0 Å². The van der Waals surface area contributed by atoms with E-state index >= 15 is 0 Å². The fourth-order valence-electron chi connectivity index (χ4n) is 0.631. The molecule has 1 N–H and O–H groups in total. The monoisotopic (exact) mass is 211 g/mol. The predicted octanol–water partition coefficient (Wildman–Crippen LogP) is 1.76. The van der Waals surface area contributed by atoms with Crippen molar-refractivity contribution in [3.05, 3.63) is 0 Å². The Hall–Kier alpha value is 0.0400. The van der Waals surface area contributed by atoms with Crippen LogP contribution in [0.15, 0.2) is 0 Å². The SMILES string of the molecule is CCOP(=O)(OCC)C(=S)NC. The maximum atomic E-state index is 11.7. The zero-order chi connectivity index (χ0) is 9.61. The van der Waals surface area contributed by atoms with Crippen molar-refractivity contribution in [3.8, 4) is 0 Å². The Morgan fingerprint density at radius 1 is 1.42 bits per heavy atom. The zero-order valence-electron chi connectivity index (χ0n) is 7.49. The van der Waals surface area contributed by atoms with Crippen LogP contribution in [-0.4, -0.2) is 25.0 Å². The second kappa shape index (κ2) is 5.65. The lowest BCUT2D eigenvalue weighted by Crippen LogP contribution is -2.18. The summed E-state index contributed by atoms with van der Waals surface area (Å²) in [7, 11) is -1.60. The molecule has 0 saturated heterocycles. The van der Waals surface area contributed by atoms with Crippen LogP contribution in [0.2, 0.25) is 0 Å². The Kier molecular flexibility index (Phi) is 5.66. The molecule has 4 nitrogen and oxygen atoms in total. The van der Waals surface area contributed by atoms with Crippen molar-refractivity contribution in [2.45, 2.75) is 13.8 Å². The Labute approximate surface area is 78.2 Å². The van der Waals surface area contributed by atoms with Gasteiger partial charge in [-0.3, -0.25) is 4.57 Å². The predicted molar refractivity (Wildman–Crippen MR) is 52.5 cm³/mol. The number of thiocarbonyl (C=S) groups is 1. The van der Waals surface area contributed by atoms with Gasteiger partial charge in [0.05, 0.1) is 13.2 Å². The van der Waals surface area contributed by atoms with E-state index in [9.17, 15) is 4.57 Å². The van der Waals surface area contributed by atoms with Gasteiger partial charge in [0.25, 0.3) is 0 Å². The summed E-state index contributed by atoms with van der Waals surface area (Å²) < 4.78 is 21.7. The van der Waals surface area contributed by atoms with E-state index < -0.39 is 7.60 Å². The van der Waals surface area contributed by atoms with Gasteiger partial charge in [-0.25, -0.2) is 0 Å². The van der Waals surface area contributed by atoms with Crippen LogP contribution in [-0.2, 0) is 13.6 Å². The van der Waals surface area contributed by atoms with Crippen molar-refractivity contribution < 1.29 is 13.6 Å². The number of rotatable bonds is 5. The smallest absolute Gasteiger partial charge is 0.373 e. The Balaban J connectivity index is 4.38. The molecular weight excluding hydrogens is 197 g/mol. The maximum Gasteiger partial charge on any atom is 0.388 e. The number of hydrogen-bond donors (Lipinski definition) is 1. The fraction of sp³-hybridized carbons (Fsp3) is 0.833. The van der Waals surface area contributed by atoms with Gasteiger partial charge in [0.1, 0.15) is 0 Å². The van der Waals surface area contributed by atoms with E-state index in [1.165, 1.54) is 0 Å². The first-order valence-corrected chi connectivity index (χ1v) is 5.67. The average molecular weight is 211 g/mol. The second-order valence-electron chi connectivity index (χ2n) is 1.89. The standard InChI is InChI=1S/C6H14NO3PS/c1-4-9-11(8,10-5-2)6(12)7-3/h4-5H2,1-3H3,(H,7,12). The molecule has 0 unspecified atom stereocenters. The molecule has 0 bridgehead atoms. The van der Waals surface area contributed by atoms with Crippen LogP contribution in [0.1, 0.15) is 13.8 Å². The Morgan fingerprint density at radius 2 is 1.83 bits per heavy atom. The highest BCUT2D eigenvalue weighted by molar-refractivity contribution is 7.97. The summed E-state index contributed by atoms with van der Waals surface area (Å²) in [5.41, 5.74) is 0. The van der Waals surface area contributed by atoms with Gasteiger partial charge in [0.15, 0.2) is 4.73 Å². The topological polar surface area (TPSA) is 47.6 Å². The summed E-state index contributed by atoms with van der Waals surface area (Å²) >= 11 is 4.80. The lowest BCUT2D eigenvalue weighted by atomic mass is 10.9. The van der Waals surface area contributed by atoms with Crippen molar-refractivity contribution in [2.75, 3.05) is 20.3 Å². The molecule has 0 aliphatic heterocycles. The van der Waals surface area contributed by atoms with Crippen LogP contribution in [0.3, 0.4) is 0 Å². The van der Waals surface area contributed by atoms with E-state index in [-0.39, 0.29) is 4.73 Å². The average Bonchev–Trinajstić information content (AvgIpc) is 2.04. The van der Waals surface area contributed by atoms with Gasteiger partial charge in [-0.05, 0) is 13.8 Å². The van der Waals surface area contributed by atoms with Crippen molar-refractivity contribution in [1.29, 1.82) is 0 Å². The van der Waals surface area contributed by atoms with E-state index in [4.69, 9.17) is 21.3 Å². The summed E-state index contributed by atoms with van der Waals surface area (Å²) in [5, 5.41) is 2.59. The molecular formula is C6H14NO3PS. The van der Waals surface area contributed by atoms with Crippen LogP contribution >= 0.6 is 19.8 Å². The normalized spacial score (nSPS) is 11.2. The van der Waals surface area contributed by atoms with E-state index in [0.29, 0.717) is 13.2 Å². The third-order valence-electron chi connectivity index (χ3n) is 1.06. The van der Waals surface area contributed by atoms with E-state index in [1.807, 2.05) is 0 Å². The molecule has 0 rings (SSSR count). The first kappa shape index (κ1) is 12.0. The van der Waals surface area contributed by atoms with E-state index in [0.717, 1.165) is 0 Å². The molecule has 0 spiro atoms. The highest BCUT2D eigenvalue weighted by atomic mass is 32.1. The van der Waals surface area contributed by atoms with Crippen LogP contribution in [0.25, 0.3) is 0 Å². The first-order chi connectivity index (χ1) is 5.60. The molecule has 0 atom stereocenters. The summed E-state index contributed by atoms with van der Waals surface area (Å²) in [4.78, 5) is 0. The molecule has 0 fully saturated rings. The van der Waals surface area contributed by atoms with Gasteiger partial charge < -0.3 is 14.4 Å². The minimum atomic E-state index is -3.19. The van der Waals surface area contributed by atoms with Crippen molar-refractivity contribution in [2.24, 2.45) is 0 Å². The Bertz CT molecular complexity index is 187. The van der Waals surface area contributed by atoms with Crippen LogP contribution in [0.5, 0.6) is 0 Å². The highest BCUT2D eigenvalue weighted by Crippen LogP contribution is 2.48. The molecule has 0 heterocycles. The second-order valence-corrected chi connectivity index (χ2v) is 4.56. The van der Waals surface area contributed by atoms with Crippen LogP contribution < -0.4 is 5.32 Å². The van der Waals surface area contributed by atoms with E-state index in [2.05, 4.69) is 5.32 Å². The number of hydrogen-bond acceptors (Lipinski definition) is 4. The van der Waals surface area contributed by atoms with Crippen molar-refractivity contribution in [3.63, 3.8) is 0 Å². The molecule has 0 saturated carbocycles. The lowest BCUT2D eigenvalue weighted by molar-refractivity contribution is 0.232. The number of nitrogens with one attached hydrogen (secondary N) is 1. The molecule has 0 aromatic rings. The van der Waals surface area contributed by atoms with Gasteiger partial charge in [0.2, 0.25) is 0 Å². The first-order valence-electron chi connectivity index (χ1n) is 3.72. The maximum absolute atomic E-state index is 11.7. The fourth-order valence-corrected chi connectivity index (χ4v) is 2.21. The summed E-state index contributed by atoms with van der Waals surface area (Å²) in [5.74, 6) is 0.